The maximum absolute atomic E-state index is 12.7. The van der Waals surface area contributed by atoms with Crippen molar-refractivity contribution in [2.75, 3.05) is 22.1 Å². The van der Waals surface area contributed by atoms with Crippen LogP contribution in [0, 0.1) is 5.92 Å². The first-order valence-corrected chi connectivity index (χ1v) is 11.5. The number of pyridine rings is 1. The molecule has 4 aromatic rings. The van der Waals surface area contributed by atoms with E-state index in [-0.39, 0.29) is 6.03 Å². The van der Waals surface area contributed by atoms with Gasteiger partial charge in [-0.25, -0.2) is 9.78 Å². The lowest BCUT2D eigenvalue weighted by atomic mass is 9.80. The Morgan fingerprint density at radius 3 is 2.53 bits per heavy atom. The number of benzene rings is 3. The summed E-state index contributed by atoms with van der Waals surface area (Å²) in [7, 11) is 0. The Labute approximate surface area is 187 Å². The van der Waals surface area contributed by atoms with Crippen LogP contribution in [0.1, 0.15) is 25.7 Å². The Morgan fingerprint density at radius 1 is 0.844 bits per heavy atom. The van der Waals surface area contributed by atoms with Crippen molar-refractivity contribution in [3.05, 3.63) is 72.8 Å². The van der Waals surface area contributed by atoms with Crippen LogP contribution in [-0.4, -0.2) is 23.6 Å². The van der Waals surface area contributed by atoms with Gasteiger partial charge in [0.1, 0.15) is 5.82 Å². The molecule has 32 heavy (non-hydrogen) atoms. The van der Waals surface area contributed by atoms with Crippen LogP contribution in [0.15, 0.2) is 72.8 Å². The highest BCUT2D eigenvalue weighted by atomic mass is 16.2. The summed E-state index contributed by atoms with van der Waals surface area (Å²) in [6.07, 6.45) is 5.31. The number of amides is 2. The first-order valence-electron chi connectivity index (χ1n) is 11.5. The average Bonchev–Trinajstić information content (AvgIpc) is 2.84. The summed E-state index contributed by atoms with van der Waals surface area (Å²) in [5, 5.41) is 9.08. The second-order valence-corrected chi connectivity index (χ2v) is 9.01. The van der Waals surface area contributed by atoms with E-state index in [1.807, 2.05) is 60.7 Å². The van der Waals surface area contributed by atoms with Gasteiger partial charge in [0.15, 0.2) is 0 Å². The van der Waals surface area contributed by atoms with Gasteiger partial charge in [-0.1, -0.05) is 36.4 Å². The Balaban J connectivity index is 1.20. The molecule has 5 heteroatoms. The van der Waals surface area contributed by atoms with Crippen molar-refractivity contribution in [1.82, 2.24) is 4.98 Å². The molecule has 0 radical (unpaired) electrons. The number of hydrogen-bond acceptors (Lipinski definition) is 3. The Hall–Kier alpha value is -3.60. The smallest absolute Gasteiger partial charge is 0.323 e. The van der Waals surface area contributed by atoms with E-state index in [0.717, 1.165) is 51.3 Å². The van der Waals surface area contributed by atoms with Gasteiger partial charge in [-0.15, -0.1) is 0 Å². The fraction of sp³-hybridized carbons (Fsp3) is 0.259. The molecule has 2 N–H and O–H groups in total. The van der Waals surface area contributed by atoms with Crippen LogP contribution in [0.5, 0.6) is 0 Å². The number of carbonyl (C=O) groups excluding carboxylic acids is 1. The first kappa shape index (κ1) is 19.1. The summed E-state index contributed by atoms with van der Waals surface area (Å²) in [5.74, 6) is 1.91. The molecule has 3 aromatic carbocycles. The van der Waals surface area contributed by atoms with Crippen molar-refractivity contribution in [2.24, 2.45) is 5.92 Å². The molecule has 3 aliphatic rings. The SMILES string of the molecule is O=C(Nc1ccc2nc(N3CC4CCC3CC4)ccc2c1)Nc1cccc2ccccc12. The number of nitrogens with one attached hydrogen (secondary N) is 2. The molecule has 3 fully saturated rings. The molecule has 5 nitrogen and oxygen atoms in total. The molecule has 1 aliphatic carbocycles. The van der Waals surface area contributed by atoms with E-state index < -0.39 is 0 Å². The number of fused-ring (bicyclic) bond motifs is 5. The van der Waals surface area contributed by atoms with Crippen LogP contribution in [-0.2, 0) is 0 Å². The highest BCUT2D eigenvalue weighted by Gasteiger charge is 2.34. The molecule has 7 rings (SSSR count). The largest absolute Gasteiger partial charge is 0.353 e. The number of aromatic nitrogens is 1. The van der Waals surface area contributed by atoms with E-state index in [1.54, 1.807) is 0 Å². The normalized spacial score (nSPS) is 19.9. The Bertz CT molecular complexity index is 1300. The molecule has 2 bridgehead atoms. The number of anilines is 3. The van der Waals surface area contributed by atoms with Crippen molar-refractivity contribution in [1.29, 1.82) is 0 Å². The number of rotatable bonds is 3. The molecular weight excluding hydrogens is 396 g/mol. The van der Waals surface area contributed by atoms with Crippen molar-refractivity contribution in [3.63, 3.8) is 0 Å². The number of hydrogen-bond donors (Lipinski definition) is 2. The van der Waals surface area contributed by atoms with Gasteiger partial charge >= 0.3 is 6.03 Å². The molecule has 1 aromatic heterocycles. The summed E-state index contributed by atoms with van der Waals surface area (Å²) in [6.45, 7) is 1.14. The summed E-state index contributed by atoms with van der Waals surface area (Å²) < 4.78 is 0. The van der Waals surface area contributed by atoms with Gasteiger partial charge in [0.2, 0.25) is 0 Å². The van der Waals surface area contributed by atoms with Gasteiger partial charge < -0.3 is 15.5 Å². The van der Waals surface area contributed by atoms with E-state index in [9.17, 15) is 4.79 Å². The van der Waals surface area contributed by atoms with Crippen LogP contribution in [0.4, 0.5) is 22.0 Å². The molecule has 2 saturated heterocycles. The fourth-order valence-corrected chi connectivity index (χ4v) is 5.32. The Morgan fingerprint density at radius 2 is 1.69 bits per heavy atom. The van der Waals surface area contributed by atoms with E-state index in [0.29, 0.717) is 6.04 Å². The van der Waals surface area contributed by atoms with E-state index in [2.05, 4.69) is 27.7 Å². The van der Waals surface area contributed by atoms with Crippen molar-refractivity contribution >= 4 is 44.9 Å². The van der Waals surface area contributed by atoms with Crippen LogP contribution in [0.25, 0.3) is 21.7 Å². The van der Waals surface area contributed by atoms with Gasteiger partial charge in [0, 0.05) is 29.0 Å². The zero-order valence-electron chi connectivity index (χ0n) is 17.9. The zero-order chi connectivity index (χ0) is 21.5. The lowest BCUT2D eigenvalue weighted by Gasteiger charge is -2.46. The van der Waals surface area contributed by atoms with E-state index >= 15 is 0 Å². The molecule has 0 unspecified atom stereocenters. The molecule has 0 spiro atoms. The van der Waals surface area contributed by atoms with Crippen molar-refractivity contribution < 1.29 is 4.79 Å². The molecule has 0 atom stereocenters. The Kier molecular flexibility index (Phi) is 4.67. The van der Waals surface area contributed by atoms with Crippen LogP contribution in [0.3, 0.4) is 0 Å². The average molecular weight is 423 g/mol. The predicted molar refractivity (Wildman–Crippen MR) is 131 cm³/mol. The molecular formula is C27H26N4O. The lowest BCUT2D eigenvalue weighted by Crippen LogP contribution is -2.48. The second kappa shape index (κ2) is 7.83. The van der Waals surface area contributed by atoms with Gasteiger partial charge in [0.05, 0.1) is 11.2 Å². The highest BCUT2D eigenvalue weighted by Crippen LogP contribution is 2.37. The monoisotopic (exact) mass is 422 g/mol. The standard InChI is InChI=1S/C27H26N4O/c32-27(30-25-7-3-5-19-4-1-2-6-23(19)25)28-21-11-14-24-20(16-21)10-15-26(29-24)31-17-18-8-12-22(31)13-9-18/h1-7,10-11,14-16,18,22H,8-9,12-13,17H2,(H2,28,30,32). The van der Waals surface area contributed by atoms with Gasteiger partial charge in [0.25, 0.3) is 0 Å². The van der Waals surface area contributed by atoms with Crippen LogP contribution >= 0.6 is 0 Å². The second-order valence-electron chi connectivity index (χ2n) is 9.01. The van der Waals surface area contributed by atoms with E-state index in [1.165, 1.54) is 25.7 Å². The molecule has 2 aliphatic heterocycles. The third-order valence-corrected chi connectivity index (χ3v) is 6.98. The minimum Gasteiger partial charge on any atom is -0.353 e. The summed E-state index contributed by atoms with van der Waals surface area (Å²) in [5.41, 5.74) is 2.51. The van der Waals surface area contributed by atoms with Gasteiger partial charge in [-0.05, 0) is 73.4 Å². The number of urea groups is 1. The minimum atomic E-state index is -0.255. The number of piperidine rings is 2. The molecule has 1 saturated carbocycles. The van der Waals surface area contributed by atoms with Gasteiger partial charge in [-0.3, -0.25) is 0 Å². The summed E-state index contributed by atoms with van der Waals surface area (Å²) in [4.78, 5) is 20.1. The van der Waals surface area contributed by atoms with Crippen molar-refractivity contribution in [3.8, 4) is 0 Å². The van der Waals surface area contributed by atoms with Crippen LogP contribution < -0.4 is 15.5 Å². The highest BCUT2D eigenvalue weighted by molar-refractivity contribution is 6.06. The van der Waals surface area contributed by atoms with Gasteiger partial charge in [-0.2, -0.15) is 0 Å². The number of carbonyl (C=O) groups is 1. The fourth-order valence-electron chi connectivity index (χ4n) is 5.32. The predicted octanol–water partition coefficient (Wildman–Crippen LogP) is 6.41. The third-order valence-electron chi connectivity index (χ3n) is 6.98. The van der Waals surface area contributed by atoms with E-state index in [4.69, 9.17) is 4.98 Å². The maximum atomic E-state index is 12.7. The van der Waals surface area contributed by atoms with Crippen LogP contribution in [0.2, 0.25) is 0 Å². The molecule has 160 valence electrons. The zero-order valence-corrected chi connectivity index (χ0v) is 17.9. The third kappa shape index (κ3) is 3.54. The van der Waals surface area contributed by atoms with Crippen molar-refractivity contribution in [2.45, 2.75) is 31.7 Å². The lowest BCUT2D eigenvalue weighted by molar-refractivity contribution is 0.251. The summed E-state index contributed by atoms with van der Waals surface area (Å²) >= 11 is 0. The number of nitrogens with zero attached hydrogens (tertiary/aromatic N) is 2. The first-order chi connectivity index (χ1) is 15.7. The quantitative estimate of drug-likeness (QED) is 0.401. The topological polar surface area (TPSA) is 57.3 Å². The molecule has 3 heterocycles. The molecule has 2 amide bonds. The minimum absolute atomic E-state index is 0.255. The maximum Gasteiger partial charge on any atom is 0.323 e. The summed E-state index contributed by atoms with van der Waals surface area (Å²) in [6, 6.07) is 24.5.